The number of carbonyl (C=O) groups is 3. The van der Waals surface area contributed by atoms with Gasteiger partial charge in [0.15, 0.2) is 0 Å². The fourth-order valence-electron chi connectivity index (χ4n) is 5.67. The Labute approximate surface area is 257 Å². The van der Waals surface area contributed by atoms with E-state index in [4.69, 9.17) is 4.74 Å². The summed E-state index contributed by atoms with van der Waals surface area (Å²) in [6.07, 6.45) is -0.0994. The van der Waals surface area contributed by atoms with Crippen molar-refractivity contribution >= 4 is 45.6 Å². The van der Waals surface area contributed by atoms with E-state index < -0.39 is 52.9 Å². The van der Waals surface area contributed by atoms with Gasteiger partial charge in [0.05, 0.1) is 6.42 Å². The van der Waals surface area contributed by atoms with Gasteiger partial charge in [-0.05, 0) is 80.3 Å². The number of ether oxygens (including phenoxy) is 1. The van der Waals surface area contributed by atoms with Crippen LogP contribution in [-0.4, -0.2) is 44.4 Å². The number of aryl methyl sites for hydroxylation is 1. The zero-order valence-corrected chi connectivity index (χ0v) is 25.0. The van der Waals surface area contributed by atoms with Crippen molar-refractivity contribution in [3.05, 3.63) is 98.8 Å². The Morgan fingerprint density at radius 1 is 0.978 bits per heavy atom. The minimum absolute atomic E-state index is 0.162. The molecule has 12 heteroatoms. The van der Waals surface area contributed by atoms with E-state index in [0.717, 1.165) is 26.7 Å². The topological polar surface area (TPSA) is 161 Å². The zero-order valence-electron chi connectivity index (χ0n) is 25.0. The number of benzene rings is 3. The molecule has 1 aliphatic heterocycles. The summed E-state index contributed by atoms with van der Waals surface area (Å²) < 4.78 is 6.84. The van der Waals surface area contributed by atoms with Crippen LogP contribution in [0.3, 0.4) is 0 Å². The number of anilines is 3. The Morgan fingerprint density at radius 3 is 2.31 bits per heavy atom. The van der Waals surface area contributed by atoms with Crippen molar-refractivity contribution in [3.8, 4) is 0 Å². The first kappa shape index (κ1) is 29.8. The molecule has 3 aromatic carbocycles. The molecule has 1 saturated carbocycles. The Hall–Kier alpha value is -5.23. The van der Waals surface area contributed by atoms with Crippen LogP contribution >= 0.6 is 0 Å². The lowest BCUT2D eigenvalue weighted by Crippen LogP contribution is -2.54. The molecular weight excluding hydrogens is 578 g/mol. The van der Waals surface area contributed by atoms with Gasteiger partial charge in [0.1, 0.15) is 17.3 Å². The first-order valence-electron chi connectivity index (χ1n) is 14.7. The van der Waals surface area contributed by atoms with Crippen LogP contribution < -0.4 is 27.2 Å². The standard InChI is InChI=1S/C33H33N5O7/c1-18(2)37-17-26(29(41)38(32(37)44)33(12-13-33)31(43)36-25-16-27(39)45-30(25)42)35-28(40)24-11-10-22(14-19(24)3)34-23-9-8-20-6-4-5-7-21(20)15-23/h4-11,14-15,17-18,25,30,34,42H,12-13,16H2,1-3H3,(H,35,40)(H,36,43). The van der Waals surface area contributed by atoms with Gasteiger partial charge in [-0.3, -0.25) is 23.7 Å². The van der Waals surface area contributed by atoms with Crippen LogP contribution in [0.15, 0.2) is 76.4 Å². The molecule has 2 unspecified atom stereocenters. The van der Waals surface area contributed by atoms with Crippen molar-refractivity contribution in [1.82, 2.24) is 14.5 Å². The fourth-order valence-corrected chi connectivity index (χ4v) is 5.67. The van der Waals surface area contributed by atoms with Gasteiger partial charge in [-0.25, -0.2) is 9.36 Å². The van der Waals surface area contributed by atoms with Crippen molar-refractivity contribution in [2.45, 2.75) is 63.9 Å². The maximum absolute atomic E-state index is 13.7. The number of esters is 1. The Kier molecular flexibility index (Phi) is 7.53. The van der Waals surface area contributed by atoms with E-state index >= 15 is 0 Å². The molecule has 12 nitrogen and oxygen atoms in total. The van der Waals surface area contributed by atoms with Gasteiger partial charge in [0, 0.05) is 29.2 Å². The van der Waals surface area contributed by atoms with Gasteiger partial charge in [-0.2, -0.15) is 0 Å². The molecule has 0 spiro atoms. The van der Waals surface area contributed by atoms with Crippen LogP contribution in [0.1, 0.15) is 55.1 Å². The van der Waals surface area contributed by atoms with E-state index in [0.29, 0.717) is 11.1 Å². The third kappa shape index (κ3) is 5.60. The minimum atomic E-state index is -1.52. The lowest BCUT2D eigenvalue weighted by atomic mass is 10.1. The number of amides is 2. The van der Waals surface area contributed by atoms with E-state index in [9.17, 15) is 29.1 Å². The predicted octanol–water partition coefficient (Wildman–Crippen LogP) is 3.29. The van der Waals surface area contributed by atoms with Gasteiger partial charge in [-0.15, -0.1) is 0 Å². The largest absolute Gasteiger partial charge is 0.434 e. The number of aliphatic hydroxyl groups excluding tert-OH is 1. The van der Waals surface area contributed by atoms with Gasteiger partial charge < -0.3 is 25.8 Å². The van der Waals surface area contributed by atoms with Gasteiger partial charge in [-0.1, -0.05) is 30.3 Å². The van der Waals surface area contributed by atoms with E-state index in [-0.39, 0.29) is 24.9 Å². The lowest BCUT2D eigenvalue weighted by Gasteiger charge is -2.23. The van der Waals surface area contributed by atoms with Crippen molar-refractivity contribution in [1.29, 1.82) is 0 Å². The van der Waals surface area contributed by atoms with Crippen LogP contribution in [0.5, 0.6) is 0 Å². The molecule has 1 saturated heterocycles. The Morgan fingerprint density at radius 2 is 1.67 bits per heavy atom. The third-order valence-corrected chi connectivity index (χ3v) is 8.30. The smallest absolute Gasteiger partial charge is 0.332 e. The molecule has 2 heterocycles. The molecule has 2 aliphatic rings. The molecule has 1 aromatic heterocycles. The molecule has 0 bridgehead atoms. The monoisotopic (exact) mass is 611 g/mol. The fraction of sp³-hybridized carbons (Fsp3) is 0.303. The van der Waals surface area contributed by atoms with Crippen LogP contribution in [0.25, 0.3) is 10.8 Å². The second kappa shape index (κ2) is 11.4. The highest BCUT2D eigenvalue weighted by Crippen LogP contribution is 2.42. The van der Waals surface area contributed by atoms with E-state index in [2.05, 4.69) is 16.0 Å². The summed E-state index contributed by atoms with van der Waals surface area (Å²) in [4.78, 5) is 65.6. The summed E-state index contributed by atoms with van der Waals surface area (Å²) in [5, 5.41) is 20.7. The zero-order chi connectivity index (χ0) is 32.0. The van der Waals surface area contributed by atoms with Gasteiger partial charge in [0.2, 0.25) is 12.2 Å². The number of nitrogens with zero attached hydrogens (tertiary/aromatic N) is 2. The summed E-state index contributed by atoms with van der Waals surface area (Å²) in [5.41, 5.74) is -0.582. The van der Waals surface area contributed by atoms with Crippen molar-refractivity contribution in [2.75, 3.05) is 10.6 Å². The van der Waals surface area contributed by atoms with Crippen LogP contribution in [-0.2, 0) is 19.9 Å². The third-order valence-electron chi connectivity index (χ3n) is 8.30. The molecule has 4 N–H and O–H groups in total. The van der Waals surface area contributed by atoms with E-state index in [1.54, 1.807) is 32.9 Å². The molecule has 0 radical (unpaired) electrons. The number of fused-ring (bicyclic) bond motifs is 1. The molecule has 2 atom stereocenters. The van der Waals surface area contributed by atoms with Crippen molar-refractivity contribution in [3.63, 3.8) is 0 Å². The predicted molar refractivity (Wildman–Crippen MR) is 168 cm³/mol. The Balaban J connectivity index is 1.26. The number of rotatable bonds is 8. The normalized spacial score (nSPS) is 18.5. The van der Waals surface area contributed by atoms with Crippen molar-refractivity contribution < 1.29 is 24.2 Å². The minimum Gasteiger partial charge on any atom is -0.434 e. The highest BCUT2D eigenvalue weighted by Gasteiger charge is 2.55. The van der Waals surface area contributed by atoms with Gasteiger partial charge in [0.25, 0.3) is 11.5 Å². The van der Waals surface area contributed by atoms with Crippen molar-refractivity contribution in [2.24, 2.45) is 0 Å². The van der Waals surface area contributed by atoms with Crippen LogP contribution in [0.2, 0.25) is 0 Å². The van der Waals surface area contributed by atoms with Crippen LogP contribution in [0, 0.1) is 6.92 Å². The lowest BCUT2D eigenvalue weighted by molar-refractivity contribution is -0.155. The molecule has 2 fully saturated rings. The molecule has 6 rings (SSSR count). The quantitative estimate of drug-likeness (QED) is 0.221. The molecule has 232 valence electrons. The maximum atomic E-state index is 13.7. The molecular formula is C33H33N5O7. The molecule has 1 aliphatic carbocycles. The highest BCUT2D eigenvalue weighted by molar-refractivity contribution is 6.05. The summed E-state index contributed by atoms with van der Waals surface area (Å²) in [6.45, 7) is 5.26. The van der Waals surface area contributed by atoms with Crippen LogP contribution in [0.4, 0.5) is 17.1 Å². The number of hydrogen-bond donors (Lipinski definition) is 4. The number of cyclic esters (lactones) is 1. The summed E-state index contributed by atoms with van der Waals surface area (Å²) >= 11 is 0. The summed E-state index contributed by atoms with van der Waals surface area (Å²) in [5.74, 6) is -1.91. The summed E-state index contributed by atoms with van der Waals surface area (Å²) in [7, 11) is 0. The maximum Gasteiger partial charge on any atom is 0.332 e. The summed E-state index contributed by atoms with van der Waals surface area (Å²) in [6, 6.07) is 17.9. The second-order valence-corrected chi connectivity index (χ2v) is 11.8. The van der Waals surface area contributed by atoms with Gasteiger partial charge >= 0.3 is 11.7 Å². The average Bonchev–Trinajstić information content (AvgIpc) is 3.73. The van der Waals surface area contributed by atoms with E-state index in [1.165, 1.54) is 10.8 Å². The number of aliphatic hydroxyl groups is 1. The Bertz CT molecular complexity index is 1970. The number of carbonyl (C=O) groups excluding carboxylic acids is 3. The molecule has 45 heavy (non-hydrogen) atoms. The highest BCUT2D eigenvalue weighted by atomic mass is 16.6. The first-order valence-corrected chi connectivity index (χ1v) is 14.7. The SMILES string of the molecule is Cc1cc(Nc2ccc3ccccc3c2)ccc1C(=O)Nc1cn(C(C)C)c(=O)n(C2(C(=O)NC3CC(=O)OC3O)CC2)c1=O. The average molecular weight is 612 g/mol. The number of nitrogens with one attached hydrogen (secondary N) is 3. The van der Waals surface area contributed by atoms with E-state index in [1.807, 2.05) is 48.5 Å². The molecule has 2 amide bonds. The first-order chi connectivity index (χ1) is 21.5. The second-order valence-electron chi connectivity index (χ2n) is 11.8. The number of aromatic nitrogens is 2. The number of hydrogen-bond acceptors (Lipinski definition) is 8. The molecule has 4 aromatic rings.